The number of nitrogens with one attached hydrogen (secondary N) is 1. The number of rotatable bonds is 4. The van der Waals surface area contributed by atoms with Crippen molar-refractivity contribution in [3.63, 3.8) is 0 Å². The Morgan fingerprint density at radius 2 is 1.87 bits per heavy atom. The van der Waals surface area contributed by atoms with Crippen LogP contribution in [0, 0.1) is 6.92 Å². The van der Waals surface area contributed by atoms with Gasteiger partial charge in [-0.15, -0.1) is 0 Å². The molecule has 2 heterocycles. The van der Waals surface area contributed by atoms with Crippen LogP contribution in [0.2, 0.25) is 5.02 Å². The minimum atomic E-state index is -0.576. The normalized spacial score (nSPS) is 15.6. The highest BCUT2D eigenvalue weighted by atomic mass is 35.5. The van der Waals surface area contributed by atoms with E-state index in [0.29, 0.717) is 21.6 Å². The predicted octanol–water partition coefficient (Wildman–Crippen LogP) is 5.22. The standard InChI is InChI=1S/C22H15ClN2O3S2/c1-13-5-8-17(9-6-13)30-19-10-7-16(28-19)12-18-20(26)24-22(29)25(21(18)27)15-4-2-3-14(23)11-15/h2-12H,1H3,(H,24,26,29)/b18-12+. The molecule has 2 aromatic carbocycles. The summed E-state index contributed by atoms with van der Waals surface area (Å²) in [6.45, 7) is 2.02. The summed E-state index contributed by atoms with van der Waals surface area (Å²) in [5.74, 6) is -0.732. The Morgan fingerprint density at radius 3 is 2.60 bits per heavy atom. The second-order valence-electron chi connectivity index (χ2n) is 6.51. The fourth-order valence-electron chi connectivity index (χ4n) is 2.84. The van der Waals surface area contributed by atoms with Crippen LogP contribution in [0.4, 0.5) is 5.69 Å². The summed E-state index contributed by atoms with van der Waals surface area (Å²) in [4.78, 5) is 27.7. The van der Waals surface area contributed by atoms with E-state index >= 15 is 0 Å². The fraction of sp³-hybridized carbons (Fsp3) is 0.0455. The molecule has 4 rings (SSSR count). The van der Waals surface area contributed by atoms with Crippen molar-refractivity contribution < 1.29 is 14.0 Å². The molecule has 0 radical (unpaired) electrons. The molecule has 2 amide bonds. The summed E-state index contributed by atoms with van der Waals surface area (Å²) in [7, 11) is 0. The van der Waals surface area contributed by atoms with E-state index in [1.807, 2.05) is 31.2 Å². The van der Waals surface area contributed by atoms with Gasteiger partial charge in [0, 0.05) is 9.92 Å². The number of benzene rings is 2. The molecule has 0 atom stereocenters. The molecule has 1 saturated heterocycles. The van der Waals surface area contributed by atoms with E-state index in [1.54, 1.807) is 36.4 Å². The van der Waals surface area contributed by atoms with E-state index in [0.717, 1.165) is 4.90 Å². The molecule has 30 heavy (non-hydrogen) atoms. The smallest absolute Gasteiger partial charge is 0.270 e. The summed E-state index contributed by atoms with van der Waals surface area (Å²) in [5.41, 5.74) is 1.57. The van der Waals surface area contributed by atoms with Gasteiger partial charge in [0.2, 0.25) is 0 Å². The van der Waals surface area contributed by atoms with Gasteiger partial charge in [0.1, 0.15) is 11.3 Å². The van der Waals surface area contributed by atoms with Gasteiger partial charge in [-0.1, -0.05) is 47.1 Å². The Morgan fingerprint density at radius 1 is 1.10 bits per heavy atom. The number of halogens is 1. The van der Waals surface area contributed by atoms with Crippen LogP contribution in [0.5, 0.6) is 0 Å². The van der Waals surface area contributed by atoms with Gasteiger partial charge < -0.3 is 4.42 Å². The van der Waals surface area contributed by atoms with Gasteiger partial charge in [-0.3, -0.25) is 19.8 Å². The monoisotopic (exact) mass is 454 g/mol. The van der Waals surface area contributed by atoms with Gasteiger partial charge in [-0.25, -0.2) is 0 Å². The Hall–Kier alpha value is -2.87. The summed E-state index contributed by atoms with van der Waals surface area (Å²) < 4.78 is 5.79. The maximum Gasteiger partial charge on any atom is 0.270 e. The number of carbonyl (C=O) groups is 2. The lowest BCUT2D eigenvalue weighted by Crippen LogP contribution is -2.54. The van der Waals surface area contributed by atoms with Gasteiger partial charge in [0.25, 0.3) is 11.8 Å². The van der Waals surface area contributed by atoms with Crippen LogP contribution in [0.3, 0.4) is 0 Å². The quantitative estimate of drug-likeness (QED) is 0.332. The third-order valence-corrected chi connectivity index (χ3v) is 5.74. The highest BCUT2D eigenvalue weighted by molar-refractivity contribution is 7.99. The van der Waals surface area contributed by atoms with Crippen LogP contribution < -0.4 is 10.2 Å². The first-order valence-corrected chi connectivity index (χ1v) is 10.5. The van der Waals surface area contributed by atoms with Gasteiger partial charge in [0.05, 0.1) is 5.69 Å². The summed E-state index contributed by atoms with van der Waals surface area (Å²) in [6.07, 6.45) is 1.41. The minimum absolute atomic E-state index is 0.000484. The molecular weight excluding hydrogens is 440 g/mol. The molecule has 0 bridgehead atoms. The molecule has 8 heteroatoms. The molecule has 0 unspecified atom stereocenters. The van der Waals surface area contributed by atoms with Crippen molar-refractivity contribution in [2.24, 2.45) is 0 Å². The zero-order valence-corrected chi connectivity index (χ0v) is 18.1. The van der Waals surface area contributed by atoms with Crippen molar-refractivity contribution >= 4 is 64.3 Å². The Balaban J connectivity index is 1.60. The molecule has 1 aromatic heterocycles. The van der Waals surface area contributed by atoms with Crippen LogP contribution in [-0.2, 0) is 9.59 Å². The maximum absolute atomic E-state index is 13.0. The first-order chi connectivity index (χ1) is 14.4. The minimum Gasteiger partial charge on any atom is -0.450 e. The third-order valence-electron chi connectivity index (χ3n) is 4.30. The average Bonchev–Trinajstić information content (AvgIpc) is 3.14. The Kier molecular flexibility index (Phi) is 5.76. The number of hydrogen-bond donors (Lipinski definition) is 1. The molecule has 1 aliphatic rings. The van der Waals surface area contributed by atoms with E-state index < -0.39 is 11.8 Å². The average molecular weight is 455 g/mol. The summed E-state index contributed by atoms with van der Waals surface area (Å²) in [6, 6.07) is 18.2. The van der Waals surface area contributed by atoms with Crippen molar-refractivity contribution in [1.82, 2.24) is 5.32 Å². The predicted molar refractivity (Wildman–Crippen MR) is 122 cm³/mol. The number of hydrogen-bond acceptors (Lipinski definition) is 5. The van der Waals surface area contributed by atoms with Crippen molar-refractivity contribution in [3.05, 3.63) is 82.6 Å². The van der Waals surface area contributed by atoms with E-state index in [9.17, 15) is 9.59 Å². The number of aryl methyl sites for hydroxylation is 1. The number of nitrogens with zero attached hydrogens (tertiary/aromatic N) is 1. The lowest BCUT2D eigenvalue weighted by Gasteiger charge is -2.28. The molecule has 0 aliphatic carbocycles. The number of furan rings is 1. The molecule has 1 N–H and O–H groups in total. The van der Waals surface area contributed by atoms with Gasteiger partial charge in [-0.05, 0) is 67.7 Å². The van der Waals surface area contributed by atoms with E-state index in [2.05, 4.69) is 5.32 Å². The second kappa shape index (κ2) is 8.47. The Bertz CT molecular complexity index is 1190. The van der Waals surface area contributed by atoms with Gasteiger partial charge in [-0.2, -0.15) is 0 Å². The van der Waals surface area contributed by atoms with Crippen LogP contribution >= 0.6 is 35.6 Å². The highest BCUT2D eigenvalue weighted by Crippen LogP contribution is 2.31. The molecule has 0 spiro atoms. The van der Waals surface area contributed by atoms with Crippen LogP contribution in [0.1, 0.15) is 11.3 Å². The molecule has 150 valence electrons. The van der Waals surface area contributed by atoms with Crippen LogP contribution in [-0.4, -0.2) is 16.9 Å². The summed E-state index contributed by atoms with van der Waals surface area (Å²) in [5, 5.41) is 3.64. The highest BCUT2D eigenvalue weighted by Gasteiger charge is 2.34. The number of thiocarbonyl (C=S) groups is 1. The van der Waals surface area contributed by atoms with Crippen LogP contribution in [0.15, 0.2) is 80.6 Å². The number of anilines is 1. The molecular formula is C22H15ClN2O3S2. The van der Waals surface area contributed by atoms with Crippen LogP contribution in [0.25, 0.3) is 6.08 Å². The number of amides is 2. The van der Waals surface area contributed by atoms with Gasteiger partial charge >= 0.3 is 0 Å². The third kappa shape index (κ3) is 4.33. The fourth-order valence-corrected chi connectivity index (χ4v) is 4.08. The first-order valence-electron chi connectivity index (χ1n) is 8.92. The topological polar surface area (TPSA) is 62.6 Å². The SMILES string of the molecule is Cc1ccc(Sc2ccc(/C=C3\C(=O)NC(=S)N(c4cccc(Cl)c4)C3=O)o2)cc1. The van der Waals surface area contributed by atoms with E-state index in [-0.39, 0.29) is 10.7 Å². The van der Waals surface area contributed by atoms with Crippen molar-refractivity contribution in [2.45, 2.75) is 16.9 Å². The van der Waals surface area contributed by atoms with Crippen molar-refractivity contribution in [2.75, 3.05) is 4.90 Å². The van der Waals surface area contributed by atoms with E-state index in [1.165, 1.54) is 28.3 Å². The molecule has 5 nitrogen and oxygen atoms in total. The zero-order chi connectivity index (χ0) is 21.3. The zero-order valence-electron chi connectivity index (χ0n) is 15.7. The molecule has 1 aliphatic heterocycles. The van der Waals surface area contributed by atoms with E-state index in [4.69, 9.17) is 28.2 Å². The second-order valence-corrected chi connectivity index (χ2v) is 8.41. The number of carbonyl (C=O) groups excluding carboxylic acids is 2. The first kappa shape index (κ1) is 20.4. The van der Waals surface area contributed by atoms with Gasteiger partial charge in [0.15, 0.2) is 10.2 Å². The maximum atomic E-state index is 13.0. The summed E-state index contributed by atoms with van der Waals surface area (Å²) >= 11 is 12.7. The Labute approximate surface area is 187 Å². The van der Waals surface area contributed by atoms with Crippen molar-refractivity contribution in [1.29, 1.82) is 0 Å². The van der Waals surface area contributed by atoms with Crippen molar-refractivity contribution in [3.8, 4) is 0 Å². The lowest BCUT2D eigenvalue weighted by molar-refractivity contribution is -0.122. The molecule has 3 aromatic rings. The largest absolute Gasteiger partial charge is 0.450 e. The lowest BCUT2D eigenvalue weighted by atomic mass is 10.1. The molecule has 0 saturated carbocycles. The molecule has 1 fully saturated rings.